The third kappa shape index (κ3) is 4.10. The summed E-state index contributed by atoms with van der Waals surface area (Å²) in [7, 11) is 0. The number of aliphatic hydroxyl groups is 2. The summed E-state index contributed by atoms with van der Waals surface area (Å²) in [6.45, 7) is 17.8. The van der Waals surface area contributed by atoms with Gasteiger partial charge in [-0.15, -0.1) is 0 Å². The first kappa shape index (κ1) is 29.3. The molecule has 2 nitrogen and oxygen atoms in total. The van der Waals surface area contributed by atoms with Gasteiger partial charge in [0.05, 0.1) is 6.10 Å². The zero-order chi connectivity index (χ0) is 28.6. The van der Waals surface area contributed by atoms with E-state index < -0.39 is 0 Å². The number of thioether (sulfide) groups is 1. The summed E-state index contributed by atoms with van der Waals surface area (Å²) in [5, 5.41) is 22.0. The van der Waals surface area contributed by atoms with Crippen molar-refractivity contribution in [2.24, 2.45) is 56.7 Å². The Balaban J connectivity index is 1.27. The van der Waals surface area contributed by atoms with Crippen LogP contribution in [0.4, 0.5) is 0 Å². The normalized spacial score (nSPS) is 47.5. The van der Waals surface area contributed by atoms with Crippen molar-refractivity contribution in [3.05, 3.63) is 48.0 Å². The van der Waals surface area contributed by atoms with E-state index in [-0.39, 0.29) is 16.9 Å². The highest BCUT2D eigenvalue weighted by molar-refractivity contribution is 7.98. The van der Waals surface area contributed by atoms with Crippen LogP contribution in [0.25, 0.3) is 0 Å². The van der Waals surface area contributed by atoms with Crippen LogP contribution in [0.2, 0.25) is 0 Å². The third-order valence-corrected chi connectivity index (χ3v) is 15.9. The third-order valence-electron chi connectivity index (χ3n) is 14.8. The fourth-order valence-electron chi connectivity index (χ4n) is 12.4. The maximum atomic E-state index is 11.0. The Labute approximate surface area is 249 Å². The Morgan fingerprint density at radius 3 is 2.33 bits per heavy atom. The van der Waals surface area contributed by atoms with Gasteiger partial charge in [-0.1, -0.05) is 77.1 Å². The van der Waals surface area contributed by atoms with E-state index in [9.17, 15) is 10.2 Å². The number of hydrogen-bond donors (Lipinski definition) is 2. The zero-order valence-corrected chi connectivity index (χ0v) is 26.9. The van der Waals surface area contributed by atoms with E-state index in [1.165, 1.54) is 68.9 Å². The monoisotopic (exact) mass is 564 g/mol. The first-order chi connectivity index (χ1) is 18.9. The molecule has 5 saturated carbocycles. The van der Waals surface area contributed by atoms with Gasteiger partial charge in [-0.3, -0.25) is 0 Å². The van der Waals surface area contributed by atoms with Crippen LogP contribution in [-0.2, 0) is 5.75 Å². The molecule has 222 valence electrons. The average Bonchev–Trinajstić information content (AvgIpc) is 3.32. The number of hydrogen-bond acceptors (Lipinski definition) is 3. The van der Waals surface area contributed by atoms with Crippen LogP contribution in [0.1, 0.15) is 104 Å². The molecule has 5 aliphatic rings. The summed E-state index contributed by atoms with van der Waals surface area (Å²) >= 11 is 2.02. The minimum atomic E-state index is -0.160. The first-order valence-corrected chi connectivity index (χ1v) is 17.7. The highest BCUT2D eigenvalue weighted by Gasteiger charge is 2.70. The lowest BCUT2D eigenvalue weighted by Gasteiger charge is -2.73. The SMILES string of the molecule is C=C(CSCc1ccccc1)[C@@H]1CC[C@]2(CO)CC[C@]3(C)[C@H](CC[C@@H]4[C@@]5(C)CC[C@H](O)C(C)(C)[C@@H]5CC[C@]43C)[C@@H]12. The van der Waals surface area contributed by atoms with E-state index in [1.54, 1.807) is 0 Å². The van der Waals surface area contributed by atoms with Crippen LogP contribution in [0.15, 0.2) is 42.5 Å². The van der Waals surface area contributed by atoms with E-state index >= 15 is 0 Å². The second kappa shape index (κ2) is 10.2. The van der Waals surface area contributed by atoms with Crippen molar-refractivity contribution in [1.29, 1.82) is 0 Å². The van der Waals surface area contributed by atoms with E-state index in [4.69, 9.17) is 6.58 Å². The molecule has 0 unspecified atom stereocenters. The van der Waals surface area contributed by atoms with Gasteiger partial charge in [-0.2, -0.15) is 11.8 Å². The van der Waals surface area contributed by atoms with E-state index in [0.717, 1.165) is 23.8 Å². The quantitative estimate of drug-likeness (QED) is 0.339. The summed E-state index contributed by atoms with van der Waals surface area (Å²) in [5.74, 6) is 5.25. The Morgan fingerprint density at radius 2 is 1.60 bits per heavy atom. The standard InChI is InChI=1S/C37H56O2S/c1-25(22-40-23-26-10-8-7-9-11-26)27-14-19-37(24-38)21-20-35(5)28(32(27)37)12-13-30-34(4)17-16-31(39)33(2,3)29(34)15-18-36(30,35)6/h7-11,27-32,38-39H,1,12-24H2,2-6H3/t27-,28+,29-,30+,31-,32+,34-,35+,36+,37+/m0/s1. The van der Waals surface area contributed by atoms with Gasteiger partial charge in [-0.05, 0) is 126 Å². The summed E-state index contributed by atoms with van der Waals surface area (Å²) in [5.41, 5.74) is 3.92. The predicted octanol–water partition coefficient (Wildman–Crippen LogP) is 8.91. The van der Waals surface area contributed by atoms with Gasteiger partial charge in [0.1, 0.15) is 0 Å². The smallest absolute Gasteiger partial charge is 0.0594 e. The van der Waals surface area contributed by atoms with Crippen molar-refractivity contribution >= 4 is 11.8 Å². The van der Waals surface area contributed by atoms with Crippen molar-refractivity contribution in [2.45, 2.75) is 111 Å². The highest BCUT2D eigenvalue weighted by atomic mass is 32.2. The topological polar surface area (TPSA) is 40.5 Å². The Kier molecular flexibility index (Phi) is 7.44. The van der Waals surface area contributed by atoms with Gasteiger partial charge in [0.25, 0.3) is 0 Å². The van der Waals surface area contributed by atoms with Crippen LogP contribution >= 0.6 is 11.8 Å². The minimum absolute atomic E-state index is 0.0103. The van der Waals surface area contributed by atoms with Crippen LogP contribution in [-0.4, -0.2) is 28.7 Å². The molecule has 5 aliphatic carbocycles. The molecule has 0 saturated heterocycles. The molecule has 2 N–H and O–H groups in total. The van der Waals surface area contributed by atoms with Crippen LogP contribution in [0.3, 0.4) is 0 Å². The lowest BCUT2D eigenvalue weighted by Crippen LogP contribution is -2.66. The van der Waals surface area contributed by atoms with Crippen LogP contribution in [0.5, 0.6) is 0 Å². The molecule has 5 fully saturated rings. The Morgan fingerprint density at radius 1 is 0.850 bits per heavy atom. The lowest BCUT2D eigenvalue weighted by molar-refractivity contribution is -0.249. The number of fused-ring (bicyclic) bond motifs is 7. The van der Waals surface area contributed by atoms with Crippen molar-refractivity contribution in [3.63, 3.8) is 0 Å². The van der Waals surface area contributed by atoms with Gasteiger partial charge < -0.3 is 10.2 Å². The molecule has 1 aromatic rings. The van der Waals surface area contributed by atoms with E-state index in [1.807, 2.05) is 11.8 Å². The number of rotatable bonds is 6. The molecule has 0 amide bonds. The van der Waals surface area contributed by atoms with Crippen molar-refractivity contribution in [1.82, 2.24) is 0 Å². The van der Waals surface area contributed by atoms with Crippen molar-refractivity contribution in [3.8, 4) is 0 Å². The van der Waals surface area contributed by atoms with E-state index in [2.05, 4.69) is 65.0 Å². The highest BCUT2D eigenvalue weighted by Crippen LogP contribution is 2.77. The Bertz CT molecular complexity index is 1100. The maximum Gasteiger partial charge on any atom is 0.0594 e. The second-order valence-electron chi connectivity index (χ2n) is 16.4. The van der Waals surface area contributed by atoms with Crippen LogP contribution < -0.4 is 0 Å². The molecule has 6 rings (SSSR count). The molecule has 0 radical (unpaired) electrons. The molecule has 0 aromatic heterocycles. The molecule has 40 heavy (non-hydrogen) atoms. The molecule has 0 aliphatic heterocycles. The minimum Gasteiger partial charge on any atom is -0.396 e. The van der Waals surface area contributed by atoms with Gasteiger partial charge in [0.2, 0.25) is 0 Å². The van der Waals surface area contributed by atoms with E-state index in [0.29, 0.717) is 46.5 Å². The van der Waals surface area contributed by atoms with Gasteiger partial charge >= 0.3 is 0 Å². The summed E-state index contributed by atoms with van der Waals surface area (Å²) in [4.78, 5) is 0. The summed E-state index contributed by atoms with van der Waals surface area (Å²) in [6.07, 6.45) is 12.1. The summed E-state index contributed by atoms with van der Waals surface area (Å²) in [6, 6.07) is 10.8. The molecule has 1 aromatic carbocycles. The fraction of sp³-hybridized carbons (Fsp3) is 0.784. The zero-order valence-electron chi connectivity index (χ0n) is 26.1. The van der Waals surface area contributed by atoms with Gasteiger partial charge in [-0.25, -0.2) is 0 Å². The fourth-order valence-corrected chi connectivity index (χ4v) is 13.4. The largest absolute Gasteiger partial charge is 0.396 e. The molecular formula is C37H56O2S. The number of benzene rings is 1. The molecular weight excluding hydrogens is 508 g/mol. The molecule has 0 spiro atoms. The average molecular weight is 565 g/mol. The molecule has 0 bridgehead atoms. The second-order valence-corrected chi connectivity index (χ2v) is 17.4. The Hall–Kier alpha value is -0.770. The molecule has 0 heterocycles. The predicted molar refractivity (Wildman–Crippen MR) is 169 cm³/mol. The summed E-state index contributed by atoms with van der Waals surface area (Å²) < 4.78 is 0. The van der Waals surface area contributed by atoms with Gasteiger partial charge in [0, 0.05) is 18.1 Å². The molecule has 10 atom stereocenters. The maximum absolute atomic E-state index is 11.0. The molecule has 3 heteroatoms. The van der Waals surface area contributed by atoms with Gasteiger partial charge in [0.15, 0.2) is 0 Å². The van der Waals surface area contributed by atoms with Crippen LogP contribution in [0, 0.1) is 56.7 Å². The lowest BCUT2D eigenvalue weighted by atomic mass is 9.32. The number of aliphatic hydroxyl groups excluding tert-OH is 2. The van der Waals surface area contributed by atoms with Crippen molar-refractivity contribution in [2.75, 3.05) is 12.4 Å². The van der Waals surface area contributed by atoms with Crippen molar-refractivity contribution < 1.29 is 10.2 Å². The first-order valence-electron chi connectivity index (χ1n) is 16.5.